The first-order chi connectivity index (χ1) is 15.9. The Kier molecular flexibility index (Phi) is 6.65. The summed E-state index contributed by atoms with van der Waals surface area (Å²) in [5, 5.41) is 12.1. The summed E-state index contributed by atoms with van der Waals surface area (Å²) < 4.78 is 5.58. The number of amides is 2. The molecular weight excluding hydrogens is 422 g/mol. The quantitative estimate of drug-likeness (QED) is 0.671. The van der Waals surface area contributed by atoms with Crippen LogP contribution >= 0.6 is 0 Å². The second kappa shape index (κ2) is 9.62. The van der Waals surface area contributed by atoms with Gasteiger partial charge in [0.1, 0.15) is 18.7 Å². The van der Waals surface area contributed by atoms with Crippen molar-refractivity contribution in [1.82, 2.24) is 15.1 Å². The smallest absolute Gasteiger partial charge is 0.407 e. The predicted octanol–water partition coefficient (Wildman–Crippen LogP) is 2.53. The van der Waals surface area contributed by atoms with E-state index in [2.05, 4.69) is 17.4 Å². The highest BCUT2D eigenvalue weighted by molar-refractivity contribution is 5.90. The van der Waals surface area contributed by atoms with Gasteiger partial charge >= 0.3 is 12.1 Å². The normalized spacial score (nSPS) is 18.0. The largest absolute Gasteiger partial charge is 0.480 e. The molecule has 2 aliphatic rings. The van der Waals surface area contributed by atoms with Crippen molar-refractivity contribution < 1.29 is 24.2 Å². The van der Waals surface area contributed by atoms with E-state index in [-0.39, 0.29) is 19.1 Å². The summed E-state index contributed by atoms with van der Waals surface area (Å²) >= 11 is 0. The van der Waals surface area contributed by atoms with E-state index >= 15 is 0 Å². The Morgan fingerprint density at radius 3 is 2.27 bits per heavy atom. The van der Waals surface area contributed by atoms with Crippen LogP contribution in [-0.2, 0) is 14.3 Å². The maximum absolute atomic E-state index is 13.1. The van der Waals surface area contributed by atoms with Gasteiger partial charge in [0.15, 0.2) is 0 Å². The summed E-state index contributed by atoms with van der Waals surface area (Å²) in [6.07, 6.45) is 0.353. The van der Waals surface area contributed by atoms with Crippen molar-refractivity contribution in [3.05, 3.63) is 59.7 Å². The van der Waals surface area contributed by atoms with Gasteiger partial charge in [0, 0.05) is 19.0 Å². The van der Waals surface area contributed by atoms with E-state index in [4.69, 9.17) is 4.74 Å². The molecule has 4 rings (SSSR count). The number of ether oxygens (including phenoxy) is 1. The molecule has 2 aromatic carbocycles. The van der Waals surface area contributed by atoms with Crippen LogP contribution in [0.25, 0.3) is 11.1 Å². The van der Waals surface area contributed by atoms with E-state index in [0.29, 0.717) is 19.4 Å². The highest BCUT2D eigenvalue weighted by atomic mass is 16.5. The standard InChI is InChI=1S/C25H29N3O5/c1-27(2)14-21(23(29)28-13-7-12-22(28)24(30)31)26-25(32)33-15-20-18-10-5-3-8-16(18)17-9-4-6-11-19(17)20/h3-6,8-11,20-22H,7,12-15H2,1-2H3,(H,26,32)(H,30,31)/t21-,22+/m0/s1. The molecule has 2 N–H and O–H groups in total. The Labute approximate surface area is 193 Å². The van der Waals surface area contributed by atoms with E-state index in [0.717, 1.165) is 22.3 Å². The SMILES string of the molecule is CN(C)C[C@H](NC(=O)OCC1c2ccccc2-c2ccccc21)C(=O)N1CCC[C@@H]1C(=O)O. The Balaban J connectivity index is 1.44. The first-order valence-corrected chi connectivity index (χ1v) is 11.2. The molecule has 0 saturated carbocycles. The number of benzene rings is 2. The fourth-order valence-corrected chi connectivity index (χ4v) is 4.82. The number of likely N-dealkylation sites (tertiary alicyclic amines) is 1. The Morgan fingerprint density at radius 1 is 1.09 bits per heavy atom. The molecule has 1 fully saturated rings. The number of carbonyl (C=O) groups excluding carboxylic acids is 2. The molecule has 1 heterocycles. The molecule has 0 bridgehead atoms. The Morgan fingerprint density at radius 2 is 1.70 bits per heavy atom. The number of likely N-dealkylation sites (N-methyl/N-ethyl adjacent to an activating group) is 1. The van der Waals surface area contributed by atoms with Gasteiger partial charge in [-0.2, -0.15) is 0 Å². The van der Waals surface area contributed by atoms with Crippen molar-refractivity contribution in [1.29, 1.82) is 0 Å². The molecule has 33 heavy (non-hydrogen) atoms. The minimum absolute atomic E-state index is 0.0823. The number of nitrogens with one attached hydrogen (secondary N) is 1. The molecule has 0 aromatic heterocycles. The highest BCUT2D eigenvalue weighted by Crippen LogP contribution is 2.44. The van der Waals surface area contributed by atoms with E-state index in [1.165, 1.54) is 4.90 Å². The van der Waals surface area contributed by atoms with Crippen molar-refractivity contribution in [3.63, 3.8) is 0 Å². The number of alkyl carbamates (subject to hydrolysis) is 1. The second-order valence-corrected chi connectivity index (χ2v) is 8.81. The van der Waals surface area contributed by atoms with Gasteiger partial charge in [0.05, 0.1) is 0 Å². The zero-order valence-corrected chi connectivity index (χ0v) is 18.9. The molecule has 2 atom stereocenters. The summed E-state index contributed by atoms with van der Waals surface area (Å²) in [5.41, 5.74) is 4.48. The second-order valence-electron chi connectivity index (χ2n) is 8.81. The van der Waals surface area contributed by atoms with Crippen LogP contribution in [0.5, 0.6) is 0 Å². The van der Waals surface area contributed by atoms with Crippen LogP contribution in [0, 0.1) is 0 Å². The number of fused-ring (bicyclic) bond motifs is 3. The number of carboxylic acids is 1. The average Bonchev–Trinajstić information content (AvgIpc) is 3.40. The van der Waals surface area contributed by atoms with Crippen molar-refractivity contribution in [2.24, 2.45) is 0 Å². The number of nitrogens with zero attached hydrogens (tertiary/aromatic N) is 2. The van der Waals surface area contributed by atoms with E-state index in [1.807, 2.05) is 36.4 Å². The molecule has 0 unspecified atom stereocenters. The molecule has 2 amide bonds. The number of carboxylic acid groups (broad SMARTS) is 1. The van der Waals surface area contributed by atoms with Crippen LogP contribution < -0.4 is 5.32 Å². The molecule has 8 nitrogen and oxygen atoms in total. The third kappa shape index (κ3) is 4.71. The van der Waals surface area contributed by atoms with Gasteiger partial charge in [0.2, 0.25) is 5.91 Å². The number of carbonyl (C=O) groups is 3. The Bertz CT molecular complexity index is 1010. The van der Waals surface area contributed by atoms with E-state index in [1.54, 1.807) is 19.0 Å². The molecule has 8 heteroatoms. The summed E-state index contributed by atoms with van der Waals surface area (Å²) in [6.45, 7) is 0.752. The van der Waals surface area contributed by atoms with Gasteiger partial charge in [-0.3, -0.25) is 4.79 Å². The van der Waals surface area contributed by atoms with E-state index < -0.39 is 30.1 Å². The maximum Gasteiger partial charge on any atom is 0.407 e. The third-order valence-corrected chi connectivity index (χ3v) is 6.30. The van der Waals surface area contributed by atoms with Gasteiger partial charge in [-0.15, -0.1) is 0 Å². The molecule has 1 saturated heterocycles. The summed E-state index contributed by atoms with van der Waals surface area (Å²) in [4.78, 5) is 40.4. The molecular formula is C25H29N3O5. The zero-order valence-electron chi connectivity index (χ0n) is 18.9. The van der Waals surface area contributed by atoms with Crippen LogP contribution in [0.15, 0.2) is 48.5 Å². The van der Waals surface area contributed by atoms with Crippen molar-refractivity contribution in [2.45, 2.75) is 30.8 Å². The number of hydrogen-bond acceptors (Lipinski definition) is 5. The minimum atomic E-state index is -1.02. The lowest BCUT2D eigenvalue weighted by atomic mass is 9.98. The number of hydrogen-bond donors (Lipinski definition) is 2. The van der Waals surface area contributed by atoms with Gasteiger partial charge in [-0.25, -0.2) is 9.59 Å². The van der Waals surface area contributed by atoms with E-state index in [9.17, 15) is 19.5 Å². The molecule has 0 spiro atoms. The first kappa shape index (κ1) is 22.8. The monoisotopic (exact) mass is 451 g/mol. The van der Waals surface area contributed by atoms with Crippen LogP contribution in [0.2, 0.25) is 0 Å². The van der Waals surface area contributed by atoms with Gasteiger partial charge < -0.3 is 25.0 Å². The summed E-state index contributed by atoms with van der Waals surface area (Å²) in [7, 11) is 3.58. The van der Waals surface area contributed by atoms with Crippen molar-refractivity contribution in [2.75, 3.05) is 33.8 Å². The fourth-order valence-electron chi connectivity index (χ4n) is 4.82. The van der Waals surface area contributed by atoms with Crippen LogP contribution in [0.4, 0.5) is 4.79 Å². The fraction of sp³-hybridized carbons (Fsp3) is 0.400. The van der Waals surface area contributed by atoms with Crippen LogP contribution in [0.1, 0.15) is 29.9 Å². The Hall–Kier alpha value is -3.39. The van der Waals surface area contributed by atoms with Gasteiger partial charge in [0.25, 0.3) is 0 Å². The van der Waals surface area contributed by atoms with Gasteiger partial charge in [-0.1, -0.05) is 48.5 Å². The molecule has 174 valence electrons. The van der Waals surface area contributed by atoms with Crippen molar-refractivity contribution in [3.8, 4) is 11.1 Å². The molecule has 2 aromatic rings. The molecule has 1 aliphatic carbocycles. The minimum Gasteiger partial charge on any atom is -0.480 e. The molecule has 0 radical (unpaired) electrons. The van der Waals surface area contributed by atoms with Crippen LogP contribution in [0.3, 0.4) is 0 Å². The van der Waals surface area contributed by atoms with Crippen molar-refractivity contribution >= 4 is 18.0 Å². The number of rotatable bonds is 7. The first-order valence-electron chi connectivity index (χ1n) is 11.2. The zero-order chi connectivity index (χ0) is 23.5. The number of aliphatic carboxylic acids is 1. The van der Waals surface area contributed by atoms with Gasteiger partial charge in [-0.05, 0) is 49.2 Å². The highest BCUT2D eigenvalue weighted by Gasteiger charge is 2.38. The predicted molar refractivity (Wildman–Crippen MR) is 123 cm³/mol. The average molecular weight is 452 g/mol. The lowest BCUT2D eigenvalue weighted by Crippen LogP contribution is -2.55. The lowest BCUT2D eigenvalue weighted by molar-refractivity contribution is -0.149. The topological polar surface area (TPSA) is 99.2 Å². The summed E-state index contributed by atoms with van der Waals surface area (Å²) in [6, 6.07) is 14.4. The van der Waals surface area contributed by atoms with Crippen LogP contribution in [-0.4, -0.2) is 78.8 Å². The third-order valence-electron chi connectivity index (χ3n) is 6.30. The summed E-state index contributed by atoms with van der Waals surface area (Å²) in [5.74, 6) is -1.51. The maximum atomic E-state index is 13.1. The lowest BCUT2D eigenvalue weighted by Gasteiger charge is -2.28. The molecule has 1 aliphatic heterocycles.